The maximum absolute atomic E-state index is 5.52. The minimum atomic E-state index is 0.514. The highest BCUT2D eigenvalue weighted by molar-refractivity contribution is 7.20. The molecule has 36 heavy (non-hydrogen) atoms. The zero-order chi connectivity index (χ0) is 24.6. The van der Waals surface area contributed by atoms with E-state index < -0.39 is 0 Å². The Kier molecular flexibility index (Phi) is 5.46. The Hall–Kier alpha value is -4.50. The molecule has 3 aromatic carbocycles. The number of rotatable bonds is 6. The summed E-state index contributed by atoms with van der Waals surface area (Å²) in [6.45, 7) is 0. The SMILES string of the molecule is COc1cc(-c2nnc3sc(-c4cc(-c5ccccc5)nc5ccccc45)nn23)cc(OC)c1OC. The predicted molar refractivity (Wildman–Crippen MR) is 140 cm³/mol. The minimum absolute atomic E-state index is 0.514. The standard InChI is InChI=1S/C27H21N5O3S/c1-33-22-13-17(14-23(34-2)24(22)35-3)25-29-30-27-32(25)31-26(36-27)19-15-21(16-9-5-4-6-10-16)28-20-12-8-7-11-18(19)20/h4-15H,1-3H3. The highest BCUT2D eigenvalue weighted by Crippen LogP contribution is 2.41. The summed E-state index contributed by atoms with van der Waals surface area (Å²) in [7, 11) is 4.74. The molecule has 6 rings (SSSR count). The molecule has 0 atom stereocenters. The van der Waals surface area contributed by atoms with Gasteiger partial charge >= 0.3 is 0 Å². The molecule has 0 saturated heterocycles. The molecule has 8 nitrogen and oxygen atoms in total. The van der Waals surface area contributed by atoms with Crippen LogP contribution in [0.1, 0.15) is 0 Å². The van der Waals surface area contributed by atoms with Crippen molar-refractivity contribution in [3.05, 3.63) is 72.8 Å². The van der Waals surface area contributed by atoms with Crippen LogP contribution in [-0.4, -0.2) is 46.1 Å². The van der Waals surface area contributed by atoms with Crippen molar-refractivity contribution in [1.82, 2.24) is 24.8 Å². The fourth-order valence-electron chi connectivity index (χ4n) is 4.23. The van der Waals surface area contributed by atoms with E-state index in [-0.39, 0.29) is 0 Å². The van der Waals surface area contributed by atoms with Crippen LogP contribution in [0.2, 0.25) is 0 Å². The van der Waals surface area contributed by atoms with E-state index in [1.165, 1.54) is 11.3 Å². The normalized spacial score (nSPS) is 11.2. The third-order valence-corrected chi connectivity index (χ3v) is 6.86. The average molecular weight is 496 g/mol. The molecule has 9 heteroatoms. The molecule has 0 N–H and O–H groups in total. The number of benzene rings is 3. The van der Waals surface area contributed by atoms with E-state index in [1.54, 1.807) is 25.8 Å². The van der Waals surface area contributed by atoms with Crippen molar-refractivity contribution in [3.63, 3.8) is 0 Å². The van der Waals surface area contributed by atoms with E-state index in [2.05, 4.69) is 34.5 Å². The second-order valence-corrected chi connectivity index (χ2v) is 8.93. The Morgan fingerprint density at radius 2 is 1.47 bits per heavy atom. The topological polar surface area (TPSA) is 83.7 Å². The molecular formula is C27H21N5O3S. The number of hydrogen-bond acceptors (Lipinski definition) is 8. The van der Waals surface area contributed by atoms with Gasteiger partial charge in [0.25, 0.3) is 0 Å². The molecule has 0 amide bonds. The van der Waals surface area contributed by atoms with Crippen molar-refractivity contribution < 1.29 is 14.2 Å². The van der Waals surface area contributed by atoms with Gasteiger partial charge < -0.3 is 14.2 Å². The molecule has 0 radical (unpaired) electrons. The first-order chi connectivity index (χ1) is 17.7. The lowest BCUT2D eigenvalue weighted by Crippen LogP contribution is -1.98. The summed E-state index contributed by atoms with van der Waals surface area (Å²) in [5.41, 5.74) is 4.58. The largest absolute Gasteiger partial charge is 0.493 e. The fraction of sp³-hybridized carbons (Fsp3) is 0.111. The summed E-state index contributed by atoms with van der Waals surface area (Å²) in [5.74, 6) is 2.16. The van der Waals surface area contributed by atoms with Crippen LogP contribution in [0.15, 0.2) is 72.8 Å². The van der Waals surface area contributed by atoms with E-state index in [4.69, 9.17) is 24.3 Å². The third-order valence-electron chi connectivity index (χ3n) is 5.93. The number of fused-ring (bicyclic) bond motifs is 2. The van der Waals surface area contributed by atoms with Crippen molar-refractivity contribution in [3.8, 4) is 50.5 Å². The fourth-order valence-corrected chi connectivity index (χ4v) is 5.09. The molecule has 0 aliphatic rings. The van der Waals surface area contributed by atoms with E-state index in [9.17, 15) is 0 Å². The van der Waals surface area contributed by atoms with Gasteiger partial charge in [0.05, 0.1) is 32.5 Å². The van der Waals surface area contributed by atoms with E-state index in [0.717, 1.165) is 38.3 Å². The van der Waals surface area contributed by atoms with Gasteiger partial charge in [-0.1, -0.05) is 59.9 Å². The highest BCUT2D eigenvalue weighted by atomic mass is 32.1. The van der Waals surface area contributed by atoms with Crippen LogP contribution in [0, 0.1) is 0 Å². The van der Waals surface area contributed by atoms with Crippen molar-refractivity contribution in [2.24, 2.45) is 0 Å². The Morgan fingerprint density at radius 1 is 0.750 bits per heavy atom. The summed E-state index contributed by atoms with van der Waals surface area (Å²) in [5, 5.41) is 15.6. The lowest BCUT2D eigenvalue weighted by Gasteiger charge is -2.13. The number of nitrogens with zero attached hydrogens (tertiary/aromatic N) is 5. The molecule has 0 aliphatic heterocycles. The van der Waals surface area contributed by atoms with Crippen LogP contribution >= 0.6 is 11.3 Å². The number of hydrogen-bond donors (Lipinski definition) is 0. The number of para-hydroxylation sites is 1. The molecule has 3 heterocycles. The molecule has 0 fully saturated rings. The lowest BCUT2D eigenvalue weighted by molar-refractivity contribution is 0.324. The van der Waals surface area contributed by atoms with Crippen LogP contribution in [0.5, 0.6) is 17.2 Å². The third kappa shape index (κ3) is 3.61. The molecule has 0 aliphatic carbocycles. The number of methoxy groups -OCH3 is 3. The molecule has 0 unspecified atom stereocenters. The van der Waals surface area contributed by atoms with E-state index in [0.29, 0.717) is 28.0 Å². The second-order valence-electron chi connectivity index (χ2n) is 7.98. The maximum Gasteiger partial charge on any atom is 0.235 e. The van der Waals surface area contributed by atoms with Crippen molar-refractivity contribution in [1.29, 1.82) is 0 Å². The minimum Gasteiger partial charge on any atom is -0.493 e. The quantitative estimate of drug-likeness (QED) is 0.290. The van der Waals surface area contributed by atoms with Gasteiger partial charge in [-0.25, -0.2) is 4.98 Å². The first-order valence-electron chi connectivity index (χ1n) is 11.2. The van der Waals surface area contributed by atoms with Crippen molar-refractivity contribution in [2.75, 3.05) is 21.3 Å². The van der Waals surface area contributed by atoms with Crippen molar-refractivity contribution >= 4 is 27.2 Å². The number of ether oxygens (including phenoxy) is 3. The van der Waals surface area contributed by atoms with Crippen LogP contribution in [-0.2, 0) is 0 Å². The Morgan fingerprint density at radius 3 is 2.19 bits per heavy atom. The van der Waals surface area contributed by atoms with Crippen LogP contribution in [0.3, 0.4) is 0 Å². The molecule has 3 aromatic heterocycles. The van der Waals surface area contributed by atoms with Crippen molar-refractivity contribution in [2.45, 2.75) is 0 Å². The smallest absolute Gasteiger partial charge is 0.235 e. The van der Waals surface area contributed by atoms with Crippen LogP contribution in [0.4, 0.5) is 0 Å². The number of aromatic nitrogens is 5. The summed E-state index contributed by atoms with van der Waals surface area (Å²) >= 11 is 1.48. The highest BCUT2D eigenvalue weighted by Gasteiger charge is 2.21. The summed E-state index contributed by atoms with van der Waals surface area (Å²) in [6.07, 6.45) is 0. The summed E-state index contributed by atoms with van der Waals surface area (Å²) in [4.78, 5) is 5.57. The predicted octanol–water partition coefficient (Wildman–Crippen LogP) is 5.76. The monoisotopic (exact) mass is 495 g/mol. The molecule has 0 saturated carbocycles. The zero-order valence-electron chi connectivity index (χ0n) is 19.8. The molecule has 6 aromatic rings. The Balaban J connectivity index is 1.53. The van der Waals surface area contributed by atoms with Gasteiger partial charge in [-0.2, -0.15) is 9.61 Å². The first-order valence-corrected chi connectivity index (χ1v) is 12.0. The maximum atomic E-state index is 5.52. The van der Waals surface area contributed by atoms with Gasteiger partial charge in [0.15, 0.2) is 17.3 Å². The molecule has 0 spiro atoms. The Labute approximate surface area is 210 Å². The van der Waals surface area contributed by atoms with E-state index in [1.807, 2.05) is 48.5 Å². The average Bonchev–Trinajstić information content (AvgIpc) is 3.53. The van der Waals surface area contributed by atoms with Gasteiger partial charge in [0.1, 0.15) is 5.01 Å². The summed E-state index contributed by atoms with van der Waals surface area (Å²) < 4.78 is 18.2. The van der Waals surface area contributed by atoms with E-state index >= 15 is 0 Å². The number of pyridine rings is 1. The van der Waals surface area contributed by atoms with Gasteiger partial charge in [-0.05, 0) is 24.3 Å². The second kappa shape index (κ2) is 8.94. The molecule has 0 bridgehead atoms. The lowest BCUT2D eigenvalue weighted by atomic mass is 10.0. The van der Waals surface area contributed by atoms with Crippen LogP contribution < -0.4 is 14.2 Å². The molecule has 178 valence electrons. The van der Waals surface area contributed by atoms with Gasteiger partial charge in [-0.15, -0.1) is 10.2 Å². The van der Waals surface area contributed by atoms with Gasteiger partial charge in [0.2, 0.25) is 10.7 Å². The molecular weight excluding hydrogens is 474 g/mol. The van der Waals surface area contributed by atoms with Gasteiger partial charge in [-0.3, -0.25) is 0 Å². The first kappa shape index (κ1) is 22.0. The zero-order valence-corrected chi connectivity index (χ0v) is 20.6. The van der Waals surface area contributed by atoms with Gasteiger partial charge in [0, 0.05) is 22.1 Å². The Bertz CT molecular complexity index is 1690. The van der Waals surface area contributed by atoms with Crippen LogP contribution in [0.25, 0.3) is 49.1 Å². The summed E-state index contributed by atoms with van der Waals surface area (Å²) in [6, 6.07) is 24.0.